The average Bonchev–Trinajstić information content (AvgIpc) is 2.95. The number of carbonyl (C=O) groups excluding carboxylic acids is 1. The van der Waals surface area contributed by atoms with E-state index in [2.05, 4.69) is 0 Å². The van der Waals surface area contributed by atoms with Gasteiger partial charge in [0, 0.05) is 25.6 Å². The SMILES string of the molecule is Cl.N[C@@H]1CCC[C@H]1CC(=O)N1CCC(C(F)(F)F)(C(F)(F)F)C1. The van der Waals surface area contributed by atoms with Crippen LogP contribution in [0.25, 0.3) is 0 Å². The normalized spacial score (nSPS) is 27.9. The maximum Gasteiger partial charge on any atom is 0.404 e. The van der Waals surface area contributed by atoms with Gasteiger partial charge in [0.25, 0.3) is 0 Å². The van der Waals surface area contributed by atoms with E-state index in [1.54, 1.807) is 0 Å². The van der Waals surface area contributed by atoms with E-state index >= 15 is 0 Å². The molecule has 0 aromatic heterocycles. The fourth-order valence-electron chi connectivity index (χ4n) is 3.32. The number of alkyl halides is 6. The topological polar surface area (TPSA) is 46.3 Å². The summed E-state index contributed by atoms with van der Waals surface area (Å²) in [5.41, 5.74) is 1.97. The molecule has 23 heavy (non-hydrogen) atoms. The third-order valence-electron chi connectivity index (χ3n) is 4.86. The van der Waals surface area contributed by atoms with Crippen molar-refractivity contribution in [2.45, 2.75) is 50.5 Å². The van der Waals surface area contributed by atoms with E-state index in [0.29, 0.717) is 11.3 Å². The molecule has 0 aromatic rings. The summed E-state index contributed by atoms with van der Waals surface area (Å²) in [6.07, 6.45) is -9.82. The van der Waals surface area contributed by atoms with E-state index < -0.39 is 43.2 Å². The van der Waals surface area contributed by atoms with Gasteiger partial charge in [0.1, 0.15) is 0 Å². The van der Waals surface area contributed by atoms with Crippen LogP contribution in [0.4, 0.5) is 26.3 Å². The molecule has 2 rings (SSSR count). The van der Waals surface area contributed by atoms with Crippen LogP contribution in [0.15, 0.2) is 0 Å². The highest BCUT2D eigenvalue weighted by atomic mass is 35.5. The van der Waals surface area contributed by atoms with Gasteiger partial charge in [-0.1, -0.05) is 6.42 Å². The van der Waals surface area contributed by atoms with Gasteiger partial charge in [0.2, 0.25) is 5.91 Å². The van der Waals surface area contributed by atoms with Crippen LogP contribution in [0.5, 0.6) is 0 Å². The van der Waals surface area contributed by atoms with Gasteiger partial charge in [-0.05, 0) is 25.2 Å². The Labute approximate surface area is 136 Å². The van der Waals surface area contributed by atoms with E-state index in [0.717, 1.165) is 12.8 Å². The van der Waals surface area contributed by atoms with Crippen molar-refractivity contribution >= 4 is 18.3 Å². The Morgan fingerprint density at radius 2 is 1.70 bits per heavy atom. The summed E-state index contributed by atoms with van der Waals surface area (Å²) in [6.45, 7) is -1.87. The van der Waals surface area contributed by atoms with Gasteiger partial charge in [-0.15, -0.1) is 12.4 Å². The zero-order valence-electron chi connectivity index (χ0n) is 12.2. The molecule has 2 atom stereocenters. The van der Waals surface area contributed by atoms with Crippen LogP contribution in [0.1, 0.15) is 32.1 Å². The van der Waals surface area contributed by atoms with Gasteiger partial charge < -0.3 is 10.6 Å². The van der Waals surface area contributed by atoms with E-state index in [1.165, 1.54) is 0 Å². The molecule has 0 aromatic carbocycles. The first-order valence-corrected chi connectivity index (χ1v) is 7.15. The third-order valence-corrected chi connectivity index (χ3v) is 4.86. The molecule has 136 valence electrons. The molecule has 1 aliphatic heterocycles. The number of nitrogens with two attached hydrogens (primary N) is 1. The van der Waals surface area contributed by atoms with Crippen LogP contribution in [-0.2, 0) is 4.79 Å². The summed E-state index contributed by atoms with van der Waals surface area (Å²) in [6, 6.07) is -0.207. The number of halogens is 7. The smallest absolute Gasteiger partial charge is 0.341 e. The molecule has 1 saturated heterocycles. The van der Waals surface area contributed by atoms with E-state index in [9.17, 15) is 31.1 Å². The monoisotopic (exact) mass is 368 g/mol. The summed E-state index contributed by atoms with van der Waals surface area (Å²) >= 11 is 0. The van der Waals surface area contributed by atoms with Crippen molar-refractivity contribution in [1.82, 2.24) is 4.90 Å². The predicted octanol–water partition coefficient (Wildman–Crippen LogP) is 3.27. The second kappa shape index (κ2) is 6.66. The Morgan fingerprint density at radius 3 is 2.09 bits per heavy atom. The number of hydrogen-bond acceptors (Lipinski definition) is 2. The molecule has 2 aliphatic rings. The van der Waals surface area contributed by atoms with Gasteiger partial charge in [0.15, 0.2) is 5.41 Å². The molecule has 0 unspecified atom stereocenters. The molecule has 0 spiro atoms. The van der Waals surface area contributed by atoms with E-state index in [1.807, 2.05) is 0 Å². The lowest BCUT2D eigenvalue weighted by molar-refractivity contribution is -0.334. The lowest BCUT2D eigenvalue weighted by Crippen LogP contribution is -2.52. The fourth-order valence-corrected chi connectivity index (χ4v) is 3.32. The van der Waals surface area contributed by atoms with Crippen LogP contribution in [-0.4, -0.2) is 42.3 Å². The Morgan fingerprint density at radius 1 is 1.13 bits per heavy atom. The highest BCUT2D eigenvalue weighted by molar-refractivity contribution is 5.85. The zero-order valence-corrected chi connectivity index (χ0v) is 13.0. The maximum absolute atomic E-state index is 12.9. The molecule has 0 radical (unpaired) electrons. The van der Waals surface area contributed by atoms with Crippen LogP contribution in [0.3, 0.4) is 0 Å². The minimum Gasteiger partial charge on any atom is -0.341 e. The van der Waals surface area contributed by atoms with Crippen LogP contribution < -0.4 is 5.73 Å². The summed E-state index contributed by atoms with van der Waals surface area (Å²) < 4.78 is 77.6. The Kier molecular flexibility index (Phi) is 5.89. The first kappa shape index (κ1) is 20.3. The minimum atomic E-state index is -5.43. The van der Waals surface area contributed by atoms with Gasteiger partial charge in [-0.2, -0.15) is 26.3 Å². The molecule has 1 saturated carbocycles. The van der Waals surface area contributed by atoms with Crippen molar-refractivity contribution in [2.24, 2.45) is 17.1 Å². The Balaban J connectivity index is 0.00000264. The summed E-state index contributed by atoms with van der Waals surface area (Å²) in [5.74, 6) is -0.822. The molecular formula is C13H19ClF6N2O. The number of likely N-dealkylation sites (tertiary alicyclic amines) is 1. The van der Waals surface area contributed by atoms with Crippen molar-refractivity contribution in [3.8, 4) is 0 Å². The van der Waals surface area contributed by atoms with Crippen LogP contribution in [0, 0.1) is 11.3 Å². The molecule has 2 fully saturated rings. The quantitative estimate of drug-likeness (QED) is 0.760. The highest BCUT2D eigenvalue weighted by Crippen LogP contribution is 2.55. The number of amides is 1. The summed E-state index contributed by atoms with van der Waals surface area (Å²) in [5, 5.41) is 0. The molecule has 1 aliphatic carbocycles. The average molecular weight is 369 g/mol. The first-order chi connectivity index (χ1) is 9.98. The van der Waals surface area contributed by atoms with Gasteiger partial charge in [-0.3, -0.25) is 4.79 Å². The predicted molar refractivity (Wildman–Crippen MR) is 72.9 cm³/mol. The fraction of sp³-hybridized carbons (Fsp3) is 0.923. The Hall–Kier alpha value is -0.700. The molecule has 1 heterocycles. The summed E-state index contributed by atoms with van der Waals surface area (Å²) in [4.78, 5) is 12.7. The van der Waals surface area contributed by atoms with Crippen molar-refractivity contribution < 1.29 is 31.1 Å². The highest BCUT2D eigenvalue weighted by Gasteiger charge is 2.72. The molecule has 1 amide bonds. The van der Waals surface area contributed by atoms with E-state index in [4.69, 9.17) is 5.73 Å². The van der Waals surface area contributed by atoms with Crippen molar-refractivity contribution in [1.29, 1.82) is 0 Å². The Bertz CT molecular complexity index is 425. The van der Waals surface area contributed by atoms with Gasteiger partial charge in [-0.25, -0.2) is 0 Å². The molecule has 0 bridgehead atoms. The van der Waals surface area contributed by atoms with Gasteiger partial charge >= 0.3 is 12.4 Å². The van der Waals surface area contributed by atoms with Crippen molar-refractivity contribution in [3.63, 3.8) is 0 Å². The molecule has 2 N–H and O–H groups in total. The van der Waals surface area contributed by atoms with Crippen molar-refractivity contribution in [2.75, 3.05) is 13.1 Å². The zero-order chi connectivity index (χ0) is 16.8. The van der Waals surface area contributed by atoms with Crippen LogP contribution in [0.2, 0.25) is 0 Å². The summed E-state index contributed by atoms with van der Waals surface area (Å²) in [7, 11) is 0. The van der Waals surface area contributed by atoms with Gasteiger partial charge in [0.05, 0.1) is 0 Å². The first-order valence-electron chi connectivity index (χ1n) is 7.15. The van der Waals surface area contributed by atoms with E-state index in [-0.39, 0.29) is 30.8 Å². The largest absolute Gasteiger partial charge is 0.404 e. The number of rotatable bonds is 2. The van der Waals surface area contributed by atoms with Crippen molar-refractivity contribution in [3.05, 3.63) is 0 Å². The van der Waals surface area contributed by atoms with Crippen LogP contribution >= 0.6 is 12.4 Å². The lowest BCUT2D eigenvalue weighted by Gasteiger charge is -2.33. The minimum absolute atomic E-state index is 0. The molecule has 3 nitrogen and oxygen atoms in total. The number of hydrogen-bond donors (Lipinski definition) is 1. The molecule has 10 heteroatoms. The second-order valence-corrected chi connectivity index (χ2v) is 6.20. The standard InChI is InChI=1S/C13H18F6N2O.ClH/c14-12(15,16)11(13(17,18)19)4-5-21(7-11)10(22)6-8-2-1-3-9(8)20;/h8-9H,1-7,20H2;1H/t8-,9+;/m0./s1. The molecular weight excluding hydrogens is 350 g/mol. The number of carbonyl (C=O) groups is 1. The lowest BCUT2D eigenvalue weighted by atomic mass is 9.85. The number of nitrogens with zero attached hydrogens (tertiary/aromatic N) is 1. The maximum atomic E-state index is 12.9. The third kappa shape index (κ3) is 3.70. The second-order valence-electron chi connectivity index (χ2n) is 6.20.